The van der Waals surface area contributed by atoms with E-state index >= 15 is 0 Å². The van der Waals surface area contributed by atoms with Gasteiger partial charge >= 0.3 is 0 Å². The average Bonchev–Trinajstić information content (AvgIpc) is 2.84. The second kappa shape index (κ2) is 5.37. The van der Waals surface area contributed by atoms with Gasteiger partial charge in [-0.15, -0.1) is 0 Å². The minimum absolute atomic E-state index is 0.221. The molecule has 2 aliphatic rings. The van der Waals surface area contributed by atoms with Gasteiger partial charge in [0.1, 0.15) is 6.54 Å². The number of fused-ring (bicyclic) bond motifs is 1. The van der Waals surface area contributed by atoms with Crippen LogP contribution in [-0.4, -0.2) is 33.6 Å². The molecule has 3 rings (SSSR count). The molecule has 1 aliphatic carbocycles. The van der Waals surface area contributed by atoms with Crippen molar-refractivity contribution in [2.45, 2.75) is 51.2 Å². The third kappa shape index (κ3) is 2.54. The van der Waals surface area contributed by atoms with Crippen molar-refractivity contribution in [3.8, 4) is 0 Å². The molecule has 1 atom stereocenters. The number of rotatable bonds is 2. The molecule has 1 saturated heterocycles. The highest BCUT2D eigenvalue weighted by molar-refractivity contribution is 5.76. The molecular weight excluding hydrogens is 240 g/mol. The van der Waals surface area contributed by atoms with Gasteiger partial charge in [-0.3, -0.25) is 4.79 Å². The van der Waals surface area contributed by atoms with Crippen LogP contribution in [0.25, 0.3) is 0 Å². The van der Waals surface area contributed by atoms with Crippen molar-refractivity contribution in [2.75, 3.05) is 13.1 Å². The van der Waals surface area contributed by atoms with Gasteiger partial charge in [0.25, 0.3) is 0 Å². The molecule has 2 heterocycles. The first kappa shape index (κ1) is 12.7. The standard InChI is InChI=1S/C15H22N2O2/c18-14-6-4-5-13-12(14)7-10-17(13)11-15(19)16-8-2-1-3-9-16/h7,10,14,18H,1-6,8-9,11H2. The highest BCUT2D eigenvalue weighted by atomic mass is 16.3. The van der Waals surface area contributed by atoms with E-state index in [1.807, 2.05) is 21.7 Å². The van der Waals surface area contributed by atoms with Crippen LogP contribution in [0.3, 0.4) is 0 Å². The van der Waals surface area contributed by atoms with Gasteiger partial charge in [-0.05, 0) is 44.6 Å². The zero-order valence-electron chi connectivity index (χ0n) is 11.3. The van der Waals surface area contributed by atoms with E-state index in [1.54, 1.807) is 0 Å². The molecule has 4 heteroatoms. The maximum absolute atomic E-state index is 12.3. The smallest absolute Gasteiger partial charge is 0.242 e. The second-order valence-electron chi connectivity index (χ2n) is 5.70. The summed E-state index contributed by atoms with van der Waals surface area (Å²) in [6, 6.07) is 1.97. The number of aliphatic hydroxyl groups excluding tert-OH is 1. The first-order chi connectivity index (χ1) is 9.25. The van der Waals surface area contributed by atoms with E-state index in [2.05, 4.69) is 0 Å². The molecule has 1 N–H and O–H groups in total. The third-order valence-electron chi connectivity index (χ3n) is 4.38. The topological polar surface area (TPSA) is 45.5 Å². The van der Waals surface area contributed by atoms with Gasteiger partial charge in [-0.1, -0.05) is 0 Å². The Bertz CT molecular complexity index is 461. The fourth-order valence-electron chi connectivity index (χ4n) is 3.27. The highest BCUT2D eigenvalue weighted by Gasteiger charge is 2.23. The lowest BCUT2D eigenvalue weighted by molar-refractivity contribution is -0.132. The van der Waals surface area contributed by atoms with Gasteiger partial charge in [0.2, 0.25) is 5.91 Å². The van der Waals surface area contributed by atoms with Crippen molar-refractivity contribution in [1.82, 2.24) is 9.47 Å². The number of aromatic nitrogens is 1. The quantitative estimate of drug-likeness (QED) is 0.884. The van der Waals surface area contributed by atoms with Crippen LogP contribution < -0.4 is 0 Å². The second-order valence-corrected chi connectivity index (χ2v) is 5.70. The van der Waals surface area contributed by atoms with Crippen molar-refractivity contribution in [2.24, 2.45) is 0 Å². The highest BCUT2D eigenvalue weighted by Crippen LogP contribution is 2.30. The molecule has 1 aromatic rings. The predicted molar refractivity (Wildman–Crippen MR) is 72.8 cm³/mol. The zero-order valence-corrected chi connectivity index (χ0v) is 11.3. The number of hydrogen-bond acceptors (Lipinski definition) is 2. The lowest BCUT2D eigenvalue weighted by Gasteiger charge is -2.27. The summed E-state index contributed by atoms with van der Waals surface area (Å²) in [5, 5.41) is 9.95. The molecule has 4 nitrogen and oxygen atoms in total. The number of carbonyl (C=O) groups is 1. The first-order valence-electron chi connectivity index (χ1n) is 7.39. The number of carbonyl (C=O) groups excluding carboxylic acids is 1. The molecule has 1 fully saturated rings. The summed E-state index contributed by atoms with van der Waals surface area (Å²) >= 11 is 0. The minimum Gasteiger partial charge on any atom is -0.388 e. The zero-order chi connectivity index (χ0) is 13.2. The van der Waals surface area contributed by atoms with Crippen LogP contribution in [0.1, 0.15) is 49.5 Å². The van der Waals surface area contributed by atoms with Crippen molar-refractivity contribution in [3.05, 3.63) is 23.5 Å². The van der Waals surface area contributed by atoms with Crippen LogP contribution >= 0.6 is 0 Å². The summed E-state index contributed by atoms with van der Waals surface area (Å²) in [6.45, 7) is 2.25. The number of nitrogens with zero attached hydrogens (tertiary/aromatic N) is 2. The Morgan fingerprint density at radius 1 is 1.26 bits per heavy atom. The summed E-state index contributed by atoms with van der Waals surface area (Å²) in [4.78, 5) is 14.3. The summed E-state index contributed by atoms with van der Waals surface area (Å²) in [6.07, 6.45) is 7.97. The number of likely N-dealkylation sites (tertiary alicyclic amines) is 1. The van der Waals surface area contributed by atoms with E-state index in [0.717, 1.165) is 56.5 Å². The van der Waals surface area contributed by atoms with Crippen molar-refractivity contribution in [1.29, 1.82) is 0 Å². The number of amides is 1. The van der Waals surface area contributed by atoms with Gasteiger partial charge in [-0.2, -0.15) is 0 Å². The van der Waals surface area contributed by atoms with Crippen LogP contribution in [0, 0.1) is 0 Å². The monoisotopic (exact) mass is 262 g/mol. The maximum atomic E-state index is 12.3. The van der Waals surface area contributed by atoms with Gasteiger partial charge < -0.3 is 14.6 Å². The molecule has 0 aromatic carbocycles. The predicted octanol–water partition coefficient (Wildman–Crippen LogP) is 1.87. The van der Waals surface area contributed by atoms with E-state index in [0.29, 0.717) is 6.54 Å². The molecule has 1 amide bonds. The van der Waals surface area contributed by atoms with Gasteiger partial charge in [0.15, 0.2) is 0 Å². The molecule has 0 spiro atoms. The lowest BCUT2D eigenvalue weighted by atomic mass is 9.95. The first-order valence-corrected chi connectivity index (χ1v) is 7.39. The van der Waals surface area contributed by atoms with Crippen LogP contribution in [0.4, 0.5) is 0 Å². The molecule has 104 valence electrons. The summed E-state index contributed by atoms with van der Waals surface area (Å²) in [7, 11) is 0. The van der Waals surface area contributed by atoms with Gasteiger partial charge in [0, 0.05) is 30.5 Å². The fourth-order valence-corrected chi connectivity index (χ4v) is 3.27. The van der Waals surface area contributed by atoms with E-state index in [9.17, 15) is 9.90 Å². The van der Waals surface area contributed by atoms with E-state index < -0.39 is 0 Å². The molecule has 1 aromatic heterocycles. The maximum Gasteiger partial charge on any atom is 0.242 e. The molecule has 0 radical (unpaired) electrons. The number of hydrogen-bond donors (Lipinski definition) is 1. The SMILES string of the molecule is O=C(Cn1ccc2c1CCCC2O)N1CCCCC1. The normalized spacial score (nSPS) is 23.2. The van der Waals surface area contributed by atoms with Crippen molar-refractivity contribution in [3.63, 3.8) is 0 Å². The molecule has 1 aliphatic heterocycles. The third-order valence-corrected chi connectivity index (χ3v) is 4.38. The van der Waals surface area contributed by atoms with E-state index in [1.165, 1.54) is 6.42 Å². The van der Waals surface area contributed by atoms with Crippen LogP contribution in [0.15, 0.2) is 12.3 Å². The Labute approximate surface area is 114 Å². The summed E-state index contributed by atoms with van der Waals surface area (Å²) in [5.41, 5.74) is 2.18. The lowest BCUT2D eigenvalue weighted by Crippen LogP contribution is -2.38. The number of piperidine rings is 1. The van der Waals surface area contributed by atoms with Crippen LogP contribution in [0.5, 0.6) is 0 Å². The molecular formula is C15H22N2O2. The van der Waals surface area contributed by atoms with Gasteiger partial charge in [-0.25, -0.2) is 0 Å². The van der Waals surface area contributed by atoms with E-state index in [-0.39, 0.29) is 12.0 Å². The summed E-state index contributed by atoms with van der Waals surface area (Å²) in [5.74, 6) is 0.221. The Balaban J connectivity index is 1.71. The number of aliphatic hydroxyl groups is 1. The fraction of sp³-hybridized carbons (Fsp3) is 0.667. The Morgan fingerprint density at radius 3 is 2.84 bits per heavy atom. The van der Waals surface area contributed by atoms with Crippen molar-refractivity contribution >= 4 is 5.91 Å². The molecule has 0 saturated carbocycles. The molecule has 0 bridgehead atoms. The van der Waals surface area contributed by atoms with Crippen LogP contribution in [0.2, 0.25) is 0 Å². The Kier molecular flexibility index (Phi) is 3.60. The van der Waals surface area contributed by atoms with Crippen molar-refractivity contribution < 1.29 is 9.90 Å². The average molecular weight is 262 g/mol. The van der Waals surface area contributed by atoms with Gasteiger partial charge in [0.05, 0.1) is 6.10 Å². The van der Waals surface area contributed by atoms with Crippen LogP contribution in [-0.2, 0) is 17.8 Å². The van der Waals surface area contributed by atoms with E-state index in [4.69, 9.17) is 0 Å². The largest absolute Gasteiger partial charge is 0.388 e. The Hall–Kier alpha value is -1.29. The molecule has 19 heavy (non-hydrogen) atoms. The summed E-state index contributed by atoms with van der Waals surface area (Å²) < 4.78 is 2.04. The minimum atomic E-state index is -0.338. The Morgan fingerprint density at radius 2 is 2.05 bits per heavy atom. The molecule has 1 unspecified atom stereocenters.